The molecule has 2 atom stereocenters. The third kappa shape index (κ3) is 4.18. The van der Waals surface area contributed by atoms with Gasteiger partial charge in [0, 0.05) is 11.5 Å². The minimum atomic E-state index is -0.175. The van der Waals surface area contributed by atoms with E-state index in [1.165, 1.54) is 25.7 Å². The first kappa shape index (κ1) is 14.3. The van der Waals surface area contributed by atoms with Crippen LogP contribution in [0.5, 0.6) is 0 Å². The SMILES string of the molecule is CCCCCCC(C)(CCC)C1C=CC(=O)O1. The summed E-state index contributed by atoms with van der Waals surface area (Å²) >= 11 is 0. The number of cyclic esters (lactones) is 1. The predicted octanol–water partition coefficient (Wildman–Crippen LogP) is 4.24. The zero-order chi connectivity index (χ0) is 12.7. The summed E-state index contributed by atoms with van der Waals surface area (Å²) in [7, 11) is 0. The van der Waals surface area contributed by atoms with Gasteiger partial charge in [-0.2, -0.15) is 0 Å². The Morgan fingerprint density at radius 3 is 2.47 bits per heavy atom. The Bertz CT molecular complexity index is 270. The lowest BCUT2D eigenvalue weighted by molar-refractivity contribution is -0.143. The molecule has 1 aliphatic rings. The van der Waals surface area contributed by atoms with Gasteiger partial charge in [-0.05, 0) is 18.9 Å². The molecule has 0 N–H and O–H groups in total. The molecule has 0 spiro atoms. The Hall–Kier alpha value is -0.790. The van der Waals surface area contributed by atoms with Gasteiger partial charge in [0.05, 0.1) is 0 Å². The molecule has 0 saturated heterocycles. The van der Waals surface area contributed by atoms with Crippen LogP contribution in [0.25, 0.3) is 0 Å². The van der Waals surface area contributed by atoms with Crippen LogP contribution in [-0.2, 0) is 9.53 Å². The van der Waals surface area contributed by atoms with Crippen LogP contribution >= 0.6 is 0 Å². The lowest BCUT2D eigenvalue weighted by Gasteiger charge is -2.33. The van der Waals surface area contributed by atoms with Crippen molar-refractivity contribution in [2.45, 2.75) is 71.8 Å². The fraction of sp³-hybridized carbons (Fsp3) is 0.800. The monoisotopic (exact) mass is 238 g/mol. The largest absolute Gasteiger partial charge is 0.454 e. The second-order valence-electron chi connectivity index (χ2n) is 5.43. The van der Waals surface area contributed by atoms with E-state index in [1.54, 1.807) is 6.08 Å². The predicted molar refractivity (Wildman–Crippen MR) is 70.8 cm³/mol. The van der Waals surface area contributed by atoms with Gasteiger partial charge >= 0.3 is 5.97 Å². The molecule has 0 aliphatic carbocycles. The van der Waals surface area contributed by atoms with E-state index < -0.39 is 0 Å². The van der Waals surface area contributed by atoms with Gasteiger partial charge in [0.2, 0.25) is 0 Å². The second kappa shape index (κ2) is 6.83. The lowest BCUT2D eigenvalue weighted by atomic mass is 9.76. The number of carbonyl (C=O) groups is 1. The summed E-state index contributed by atoms with van der Waals surface area (Å²) in [6.45, 7) is 6.69. The van der Waals surface area contributed by atoms with E-state index in [0.717, 1.165) is 19.3 Å². The van der Waals surface area contributed by atoms with E-state index in [4.69, 9.17) is 4.74 Å². The zero-order valence-electron chi connectivity index (χ0n) is 11.5. The Kier molecular flexibility index (Phi) is 5.73. The van der Waals surface area contributed by atoms with Crippen LogP contribution in [0.3, 0.4) is 0 Å². The molecule has 1 aliphatic heterocycles. The number of unbranched alkanes of at least 4 members (excludes halogenated alkanes) is 3. The zero-order valence-corrected chi connectivity index (χ0v) is 11.5. The van der Waals surface area contributed by atoms with Gasteiger partial charge in [-0.15, -0.1) is 0 Å². The van der Waals surface area contributed by atoms with Crippen LogP contribution in [0.4, 0.5) is 0 Å². The summed E-state index contributed by atoms with van der Waals surface area (Å²) in [4.78, 5) is 11.2. The van der Waals surface area contributed by atoms with Gasteiger partial charge < -0.3 is 4.74 Å². The molecular formula is C15H26O2. The first-order valence-electron chi connectivity index (χ1n) is 7.01. The quantitative estimate of drug-likeness (QED) is 0.467. The maximum absolute atomic E-state index is 11.2. The summed E-state index contributed by atoms with van der Waals surface area (Å²) in [5.74, 6) is -0.175. The van der Waals surface area contributed by atoms with Crippen molar-refractivity contribution in [1.82, 2.24) is 0 Å². The molecule has 0 radical (unpaired) electrons. The molecule has 0 saturated carbocycles. The summed E-state index contributed by atoms with van der Waals surface area (Å²) in [5.41, 5.74) is 0.130. The summed E-state index contributed by atoms with van der Waals surface area (Å²) in [6.07, 6.45) is 12.0. The highest BCUT2D eigenvalue weighted by Gasteiger charge is 2.36. The van der Waals surface area contributed by atoms with E-state index >= 15 is 0 Å². The number of ether oxygens (including phenoxy) is 1. The normalized spacial score (nSPS) is 22.5. The number of hydrogen-bond donors (Lipinski definition) is 0. The standard InChI is InChI=1S/C15H26O2/c1-4-6-7-8-12-15(3,11-5-2)13-9-10-14(16)17-13/h9-10,13H,4-8,11-12H2,1-3H3. The van der Waals surface area contributed by atoms with Crippen LogP contribution in [0.2, 0.25) is 0 Å². The van der Waals surface area contributed by atoms with E-state index in [0.29, 0.717) is 0 Å². The third-order valence-electron chi connectivity index (χ3n) is 3.76. The third-order valence-corrected chi connectivity index (χ3v) is 3.76. The molecule has 0 bridgehead atoms. The highest BCUT2D eigenvalue weighted by atomic mass is 16.5. The maximum atomic E-state index is 11.2. The Balaban J connectivity index is 2.49. The van der Waals surface area contributed by atoms with E-state index in [1.807, 2.05) is 6.08 Å². The number of carbonyl (C=O) groups excluding carboxylic acids is 1. The van der Waals surface area contributed by atoms with Crippen molar-refractivity contribution in [3.05, 3.63) is 12.2 Å². The Labute approximate surface area is 105 Å². The second-order valence-corrected chi connectivity index (χ2v) is 5.43. The molecule has 2 heteroatoms. The molecule has 2 unspecified atom stereocenters. The molecule has 98 valence electrons. The van der Waals surface area contributed by atoms with Crippen molar-refractivity contribution in [2.75, 3.05) is 0 Å². The minimum absolute atomic E-state index is 0.00317. The fourth-order valence-corrected chi connectivity index (χ4v) is 2.68. The van der Waals surface area contributed by atoms with Crippen molar-refractivity contribution in [1.29, 1.82) is 0 Å². The minimum Gasteiger partial charge on any atom is -0.454 e. The van der Waals surface area contributed by atoms with Crippen LogP contribution in [-0.4, -0.2) is 12.1 Å². The van der Waals surface area contributed by atoms with Crippen molar-refractivity contribution < 1.29 is 9.53 Å². The van der Waals surface area contributed by atoms with Gasteiger partial charge in [0.1, 0.15) is 6.10 Å². The fourth-order valence-electron chi connectivity index (χ4n) is 2.68. The van der Waals surface area contributed by atoms with Gasteiger partial charge in [-0.3, -0.25) is 0 Å². The van der Waals surface area contributed by atoms with Crippen molar-refractivity contribution in [3.8, 4) is 0 Å². The van der Waals surface area contributed by atoms with Gasteiger partial charge in [0.15, 0.2) is 0 Å². The first-order valence-corrected chi connectivity index (χ1v) is 7.01. The van der Waals surface area contributed by atoms with Crippen LogP contribution < -0.4 is 0 Å². The molecule has 0 amide bonds. The van der Waals surface area contributed by atoms with Crippen LogP contribution in [0.15, 0.2) is 12.2 Å². The number of hydrogen-bond acceptors (Lipinski definition) is 2. The van der Waals surface area contributed by atoms with E-state index in [-0.39, 0.29) is 17.5 Å². The topological polar surface area (TPSA) is 26.3 Å². The highest BCUT2D eigenvalue weighted by Crippen LogP contribution is 2.38. The molecule has 0 aromatic rings. The van der Waals surface area contributed by atoms with E-state index in [2.05, 4.69) is 20.8 Å². The Morgan fingerprint density at radius 1 is 1.18 bits per heavy atom. The molecule has 0 aromatic heterocycles. The number of esters is 1. The van der Waals surface area contributed by atoms with Crippen LogP contribution in [0, 0.1) is 5.41 Å². The van der Waals surface area contributed by atoms with Crippen molar-refractivity contribution in [3.63, 3.8) is 0 Å². The summed E-state index contributed by atoms with van der Waals surface area (Å²) in [5, 5.41) is 0. The van der Waals surface area contributed by atoms with E-state index in [9.17, 15) is 4.79 Å². The first-order chi connectivity index (χ1) is 8.12. The average molecular weight is 238 g/mol. The Morgan fingerprint density at radius 2 is 1.94 bits per heavy atom. The highest BCUT2D eigenvalue weighted by molar-refractivity contribution is 5.84. The van der Waals surface area contributed by atoms with Crippen molar-refractivity contribution in [2.24, 2.45) is 5.41 Å². The number of rotatable bonds is 8. The molecule has 1 heterocycles. The molecule has 0 fully saturated rings. The van der Waals surface area contributed by atoms with Crippen LogP contribution in [0.1, 0.15) is 65.7 Å². The van der Waals surface area contributed by atoms with Gasteiger partial charge in [0.25, 0.3) is 0 Å². The smallest absolute Gasteiger partial charge is 0.331 e. The van der Waals surface area contributed by atoms with Crippen molar-refractivity contribution >= 4 is 5.97 Å². The lowest BCUT2D eigenvalue weighted by Crippen LogP contribution is -2.32. The molecule has 1 rings (SSSR count). The maximum Gasteiger partial charge on any atom is 0.331 e. The molecule has 2 nitrogen and oxygen atoms in total. The average Bonchev–Trinajstić information content (AvgIpc) is 2.72. The molecular weight excluding hydrogens is 212 g/mol. The molecule has 0 aromatic carbocycles. The summed E-state index contributed by atoms with van der Waals surface area (Å²) in [6, 6.07) is 0. The van der Waals surface area contributed by atoms with Gasteiger partial charge in [-0.25, -0.2) is 4.79 Å². The molecule has 17 heavy (non-hydrogen) atoms. The summed E-state index contributed by atoms with van der Waals surface area (Å²) < 4.78 is 5.39. The van der Waals surface area contributed by atoms with Gasteiger partial charge in [-0.1, -0.05) is 52.9 Å².